The lowest BCUT2D eigenvalue weighted by Crippen LogP contribution is -2.34. The SMILES string of the molecule is CC(=O)c1nc2n(n1)CCNC2c1ccccc1. The molecule has 5 nitrogen and oxygen atoms in total. The molecule has 1 aromatic heterocycles. The van der Waals surface area contributed by atoms with E-state index in [1.807, 2.05) is 22.9 Å². The Balaban J connectivity index is 2.04. The number of hydrogen-bond acceptors (Lipinski definition) is 4. The molecule has 1 aromatic carbocycles. The second-order valence-electron chi connectivity index (χ2n) is 4.37. The first-order chi connectivity index (χ1) is 8.75. The molecular formula is C13H14N4O. The molecule has 0 saturated heterocycles. The fraction of sp³-hybridized carbons (Fsp3) is 0.308. The summed E-state index contributed by atoms with van der Waals surface area (Å²) in [6, 6.07) is 10.1. The number of nitrogens with one attached hydrogen (secondary N) is 1. The van der Waals surface area contributed by atoms with Gasteiger partial charge in [-0.1, -0.05) is 30.3 Å². The van der Waals surface area contributed by atoms with Crippen LogP contribution < -0.4 is 5.32 Å². The molecule has 1 unspecified atom stereocenters. The van der Waals surface area contributed by atoms with Gasteiger partial charge in [-0.3, -0.25) is 4.79 Å². The molecule has 92 valence electrons. The minimum absolute atomic E-state index is 0.0144. The first-order valence-electron chi connectivity index (χ1n) is 6.00. The number of rotatable bonds is 2. The number of Topliss-reactive ketones (excluding diaryl/α,β-unsaturated/α-hetero) is 1. The predicted molar refractivity (Wildman–Crippen MR) is 66.3 cm³/mol. The maximum Gasteiger partial charge on any atom is 0.217 e. The van der Waals surface area contributed by atoms with E-state index in [1.54, 1.807) is 0 Å². The van der Waals surface area contributed by atoms with E-state index in [2.05, 4.69) is 27.5 Å². The lowest BCUT2D eigenvalue weighted by molar-refractivity contribution is 0.100. The van der Waals surface area contributed by atoms with Gasteiger partial charge in [0.15, 0.2) is 5.78 Å². The summed E-state index contributed by atoms with van der Waals surface area (Å²) < 4.78 is 1.82. The second kappa shape index (κ2) is 4.34. The lowest BCUT2D eigenvalue weighted by atomic mass is 10.1. The van der Waals surface area contributed by atoms with Crippen LogP contribution in [0.3, 0.4) is 0 Å². The summed E-state index contributed by atoms with van der Waals surface area (Å²) in [7, 11) is 0. The zero-order valence-corrected chi connectivity index (χ0v) is 10.1. The van der Waals surface area contributed by atoms with Crippen LogP contribution in [-0.2, 0) is 6.54 Å². The van der Waals surface area contributed by atoms with Crippen molar-refractivity contribution in [2.45, 2.75) is 19.5 Å². The monoisotopic (exact) mass is 242 g/mol. The normalized spacial score (nSPS) is 18.4. The van der Waals surface area contributed by atoms with Crippen LogP contribution in [0.4, 0.5) is 0 Å². The third-order valence-corrected chi connectivity index (χ3v) is 3.08. The van der Waals surface area contributed by atoms with Crippen LogP contribution >= 0.6 is 0 Å². The summed E-state index contributed by atoms with van der Waals surface area (Å²) in [6.45, 7) is 3.07. The molecule has 3 rings (SSSR count). The van der Waals surface area contributed by atoms with Crippen molar-refractivity contribution in [2.24, 2.45) is 0 Å². The van der Waals surface area contributed by atoms with Crippen molar-refractivity contribution in [1.29, 1.82) is 0 Å². The minimum Gasteiger partial charge on any atom is -0.302 e. The number of aromatic nitrogens is 3. The van der Waals surface area contributed by atoms with E-state index in [1.165, 1.54) is 6.92 Å². The van der Waals surface area contributed by atoms with Crippen molar-refractivity contribution in [3.05, 3.63) is 47.5 Å². The number of nitrogens with zero attached hydrogens (tertiary/aromatic N) is 3. The van der Waals surface area contributed by atoms with Crippen molar-refractivity contribution < 1.29 is 4.79 Å². The highest BCUT2D eigenvalue weighted by Gasteiger charge is 2.25. The molecule has 0 aliphatic carbocycles. The van der Waals surface area contributed by atoms with Gasteiger partial charge in [0, 0.05) is 13.5 Å². The number of benzene rings is 1. The largest absolute Gasteiger partial charge is 0.302 e. The Kier molecular flexibility index (Phi) is 2.68. The molecule has 5 heteroatoms. The van der Waals surface area contributed by atoms with Gasteiger partial charge in [-0.05, 0) is 5.56 Å². The van der Waals surface area contributed by atoms with Crippen LogP contribution in [-0.4, -0.2) is 27.1 Å². The summed E-state index contributed by atoms with van der Waals surface area (Å²) in [5.74, 6) is 1.02. The molecule has 0 amide bonds. The molecule has 1 aliphatic rings. The fourth-order valence-electron chi connectivity index (χ4n) is 2.20. The standard InChI is InChI=1S/C13H14N4O/c1-9(18)12-15-13-11(10-5-3-2-4-6-10)14-7-8-17(13)16-12/h2-6,11,14H,7-8H2,1H3. The summed E-state index contributed by atoms with van der Waals surface area (Å²) in [5, 5.41) is 7.65. The van der Waals surface area contributed by atoms with E-state index in [9.17, 15) is 4.79 Å². The van der Waals surface area contributed by atoms with Gasteiger partial charge < -0.3 is 5.32 Å². The molecule has 2 aromatic rings. The minimum atomic E-state index is -0.0938. The Labute approximate surface area is 105 Å². The molecule has 1 atom stereocenters. The van der Waals surface area contributed by atoms with Crippen molar-refractivity contribution in [3.63, 3.8) is 0 Å². The van der Waals surface area contributed by atoms with E-state index in [4.69, 9.17) is 0 Å². The molecule has 2 heterocycles. The maximum atomic E-state index is 11.3. The van der Waals surface area contributed by atoms with E-state index in [0.29, 0.717) is 5.82 Å². The molecule has 1 aliphatic heterocycles. The average molecular weight is 242 g/mol. The number of ketones is 1. The zero-order chi connectivity index (χ0) is 12.5. The Bertz CT molecular complexity index is 576. The van der Waals surface area contributed by atoms with Gasteiger partial charge in [-0.15, -0.1) is 5.10 Å². The lowest BCUT2D eigenvalue weighted by Gasteiger charge is -2.23. The van der Waals surface area contributed by atoms with Gasteiger partial charge in [0.2, 0.25) is 5.82 Å². The maximum absolute atomic E-state index is 11.3. The van der Waals surface area contributed by atoms with Gasteiger partial charge in [0.1, 0.15) is 5.82 Å². The first kappa shape index (κ1) is 11.1. The quantitative estimate of drug-likeness (QED) is 0.803. The highest BCUT2D eigenvalue weighted by Crippen LogP contribution is 2.22. The molecule has 0 radical (unpaired) electrons. The topological polar surface area (TPSA) is 59.8 Å². The van der Waals surface area contributed by atoms with E-state index in [-0.39, 0.29) is 11.8 Å². The van der Waals surface area contributed by atoms with E-state index in [0.717, 1.165) is 24.5 Å². The predicted octanol–water partition coefficient (Wildman–Crippen LogP) is 1.17. The number of carbonyl (C=O) groups excluding carboxylic acids is 1. The van der Waals surface area contributed by atoms with Crippen LogP contribution in [0.2, 0.25) is 0 Å². The zero-order valence-electron chi connectivity index (χ0n) is 10.1. The van der Waals surface area contributed by atoms with Crippen molar-refractivity contribution in [3.8, 4) is 0 Å². The number of hydrogen-bond donors (Lipinski definition) is 1. The van der Waals surface area contributed by atoms with Crippen molar-refractivity contribution >= 4 is 5.78 Å². The van der Waals surface area contributed by atoms with Gasteiger partial charge in [0.25, 0.3) is 0 Å². The van der Waals surface area contributed by atoms with Crippen LogP contribution in [0.1, 0.15) is 35.0 Å². The molecule has 0 saturated carbocycles. The summed E-state index contributed by atoms with van der Waals surface area (Å²) in [5.41, 5.74) is 1.14. The molecule has 1 N–H and O–H groups in total. The second-order valence-corrected chi connectivity index (χ2v) is 4.37. The van der Waals surface area contributed by atoms with E-state index < -0.39 is 0 Å². The summed E-state index contributed by atoms with van der Waals surface area (Å²) in [6.07, 6.45) is 0. The van der Waals surface area contributed by atoms with Gasteiger partial charge in [-0.2, -0.15) is 0 Å². The Hall–Kier alpha value is -2.01. The van der Waals surface area contributed by atoms with Crippen LogP contribution in [0.5, 0.6) is 0 Å². The van der Waals surface area contributed by atoms with Gasteiger partial charge >= 0.3 is 0 Å². The number of carbonyl (C=O) groups is 1. The molecule has 18 heavy (non-hydrogen) atoms. The van der Waals surface area contributed by atoms with Crippen LogP contribution in [0.15, 0.2) is 30.3 Å². The van der Waals surface area contributed by atoms with Crippen LogP contribution in [0, 0.1) is 0 Å². The Morgan fingerprint density at radius 3 is 2.89 bits per heavy atom. The number of fused-ring (bicyclic) bond motifs is 1. The molecule has 0 fully saturated rings. The molecule has 0 bridgehead atoms. The summed E-state index contributed by atoms with van der Waals surface area (Å²) in [4.78, 5) is 15.7. The van der Waals surface area contributed by atoms with Gasteiger partial charge in [0.05, 0.1) is 12.6 Å². The molecular weight excluding hydrogens is 228 g/mol. The van der Waals surface area contributed by atoms with Crippen molar-refractivity contribution in [1.82, 2.24) is 20.1 Å². The van der Waals surface area contributed by atoms with E-state index >= 15 is 0 Å². The third kappa shape index (κ3) is 1.82. The van der Waals surface area contributed by atoms with Crippen LogP contribution in [0.25, 0.3) is 0 Å². The smallest absolute Gasteiger partial charge is 0.217 e. The third-order valence-electron chi connectivity index (χ3n) is 3.08. The Morgan fingerprint density at radius 1 is 1.39 bits per heavy atom. The average Bonchev–Trinajstić information content (AvgIpc) is 2.83. The molecule has 0 spiro atoms. The highest BCUT2D eigenvalue weighted by atomic mass is 16.1. The van der Waals surface area contributed by atoms with Crippen molar-refractivity contribution in [2.75, 3.05) is 6.54 Å². The first-order valence-corrected chi connectivity index (χ1v) is 6.00. The highest BCUT2D eigenvalue weighted by molar-refractivity contribution is 5.90. The van der Waals surface area contributed by atoms with Gasteiger partial charge in [-0.25, -0.2) is 9.67 Å². The summed E-state index contributed by atoms with van der Waals surface area (Å²) >= 11 is 0. The fourth-order valence-corrected chi connectivity index (χ4v) is 2.20. The Morgan fingerprint density at radius 2 is 2.17 bits per heavy atom.